The topological polar surface area (TPSA) is 46.3 Å². The Hall–Kier alpha value is -0.830. The van der Waals surface area contributed by atoms with Crippen LogP contribution in [0.25, 0.3) is 0 Å². The van der Waals surface area contributed by atoms with Crippen molar-refractivity contribution in [1.29, 1.82) is 0 Å². The van der Waals surface area contributed by atoms with Gasteiger partial charge in [0.05, 0.1) is 0 Å². The normalized spacial score (nSPS) is 18.0. The van der Waals surface area contributed by atoms with Gasteiger partial charge in [-0.3, -0.25) is 4.79 Å². The highest BCUT2D eigenvalue weighted by molar-refractivity contribution is 5.76. The summed E-state index contributed by atoms with van der Waals surface area (Å²) < 4.78 is 0. The van der Waals surface area contributed by atoms with Crippen LogP contribution in [0.5, 0.6) is 0 Å². The molecule has 98 valence electrons. The lowest BCUT2D eigenvalue weighted by molar-refractivity contribution is -0.132. The van der Waals surface area contributed by atoms with Crippen molar-refractivity contribution in [3.8, 4) is 0 Å². The second kappa shape index (κ2) is 7.49. The Labute approximate surface area is 105 Å². The maximum absolute atomic E-state index is 12.1. The highest BCUT2D eigenvalue weighted by Gasteiger charge is 2.25. The molecule has 1 fully saturated rings. The van der Waals surface area contributed by atoms with Gasteiger partial charge in [0.2, 0.25) is 5.91 Å². The Morgan fingerprint density at radius 2 is 2.18 bits per heavy atom. The summed E-state index contributed by atoms with van der Waals surface area (Å²) in [4.78, 5) is 14.2. The van der Waals surface area contributed by atoms with Crippen LogP contribution in [0.3, 0.4) is 0 Å². The Morgan fingerprint density at radius 3 is 2.71 bits per heavy atom. The van der Waals surface area contributed by atoms with Crippen LogP contribution in [0.4, 0.5) is 0 Å². The van der Waals surface area contributed by atoms with Gasteiger partial charge in [0.1, 0.15) is 0 Å². The molecule has 0 bridgehead atoms. The van der Waals surface area contributed by atoms with Gasteiger partial charge in [-0.2, -0.15) is 0 Å². The molecule has 3 heteroatoms. The van der Waals surface area contributed by atoms with Crippen LogP contribution in [0.15, 0.2) is 12.7 Å². The number of hydrogen-bond acceptors (Lipinski definition) is 2. The molecule has 1 saturated carbocycles. The third-order valence-electron chi connectivity index (χ3n) is 3.46. The number of nitrogens with zero attached hydrogens (tertiary/aromatic N) is 1. The summed E-state index contributed by atoms with van der Waals surface area (Å²) in [5.74, 6) is 0.275. The summed E-state index contributed by atoms with van der Waals surface area (Å²) >= 11 is 0. The van der Waals surface area contributed by atoms with Crippen molar-refractivity contribution in [2.75, 3.05) is 6.54 Å². The van der Waals surface area contributed by atoms with Gasteiger partial charge in [0.25, 0.3) is 0 Å². The molecule has 0 aromatic heterocycles. The van der Waals surface area contributed by atoms with Crippen molar-refractivity contribution in [3.63, 3.8) is 0 Å². The van der Waals surface area contributed by atoms with Crippen LogP contribution in [0.1, 0.15) is 51.9 Å². The van der Waals surface area contributed by atoms with Crippen LogP contribution in [-0.4, -0.2) is 29.4 Å². The Morgan fingerprint density at radius 1 is 1.53 bits per heavy atom. The minimum atomic E-state index is 0.196. The summed E-state index contributed by atoms with van der Waals surface area (Å²) in [5, 5.41) is 0. The number of amides is 1. The molecule has 0 radical (unpaired) electrons. The molecule has 3 nitrogen and oxygen atoms in total. The quantitative estimate of drug-likeness (QED) is 0.693. The number of carbonyl (C=O) groups is 1. The first-order valence-electron chi connectivity index (χ1n) is 6.81. The second-order valence-electron chi connectivity index (χ2n) is 5.14. The van der Waals surface area contributed by atoms with E-state index in [1.54, 1.807) is 0 Å². The van der Waals surface area contributed by atoms with Crippen molar-refractivity contribution in [3.05, 3.63) is 12.7 Å². The van der Waals surface area contributed by atoms with E-state index in [1.807, 2.05) is 17.9 Å². The van der Waals surface area contributed by atoms with Crippen LogP contribution in [0, 0.1) is 0 Å². The molecule has 0 spiro atoms. The first-order chi connectivity index (χ1) is 8.15. The van der Waals surface area contributed by atoms with Crippen LogP contribution in [-0.2, 0) is 4.79 Å². The van der Waals surface area contributed by atoms with Crippen molar-refractivity contribution < 1.29 is 4.79 Å². The molecule has 0 saturated heterocycles. The molecule has 1 rings (SSSR count). The number of rotatable bonds is 7. The van der Waals surface area contributed by atoms with Crippen molar-refractivity contribution >= 4 is 5.91 Å². The minimum absolute atomic E-state index is 0.196. The highest BCUT2D eigenvalue weighted by atomic mass is 16.2. The lowest BCUT2D eigenvalue weighted by Gasteiger charge is -2.28. The zero-order valence-electron chi connectivity index (χ0n) is 11.0. The largest absolute Gasteiger partial charge is 0.336 e. The first kappa shape index (κ1) is 14.2. The average molecular weight is 238 g/mol. The molecule has 17 heavy (non-hydrogen) atoms. The molecule has 1 unspecified atom stereocenters. The van der Waals surface area contributed by atoms with Gasteiger partial charge in [0.15, 0.2) is 0 Å². The third kappa shape index (κ3) is 4.90. The molecule has 0 aromatic carbocycles. The lowest BCUT2D eigenvalue weighted by atomic mass is 10.1. The van der Waals surface area contributed by atoms with Gasteiger partial charge in [0, 0.05) is 25.0 Å². The zero-order chi connectivity index (χ0) is 12.7. The molecule has 1 aliphatic carbocycles. The van der Waals surface area contributed by atoms with E-state index in [9.17, 15) is 4.79 Å². The van der Waals surface area contributed by atoms with Gasteiger partial charge >= 0.3 is 0 Å². The number of nitrogens with two attached hydrogens (primary N) is 1. The fourth-order valence-corrected chi connectivity index (χ4v) is 2.53. The lowest BCUT2D eigenvalue weighted by Crippen LogP contribution is -2.38. The standard InChI is InChI=1S/C14H26N2O/c1-3-11-16(13-8-4-5-9-13)14(17)10-6-7-12(2)15/h3,12-13H,1,4-11,15H2,2H3. The van der Waals surface area contributed by atoms with Crippen molar-refractivity contribution in [2.45, 2.75) is 64.0 Å². The monoisotopic (exact) mass is 238 g/mol. The Kier molecular flexibility index (Phi) is 6.27. The molecular formula is C14H26N2O. The van der Waals surface area contributed by atoms with Crippen LogP contribution < -0.4 is 5.73 Å². The SMILES string of the molecule is C=CCN(C(=O)CCCC(C)N)C1CCCC1. The predicted octanol–water partition coefficient (Wildman–Crippen LogP) is 2.46. The Balaban J connectivity index is 2.39. The Bertz CT molecular complexity index is 245. The van der Waals surface area contributed by atoms with E-state index in [-0.39, 0.29) is 11.9 Å². The molecule has 1 amide bonds. The van der Waals surface area contributed by atoms with Gasteiger partial charge in [-0.15, -0.1) is 6.58 Å². The van der Waals surface area contributed by atoms with Gasteiger partial charge in [-0.05, 0) is 32.6 Å². The van der Waals surface area contributed by atoms with E-state index in [0.717, 1.165) is 25.7 Å². The van der Waals surface area contributed by atoms with Crippen LogP contribution >= 0.6 is 0 Å². The van der Waals surface area contributed by atoms with E-state index in [2.05, 4.69) is 6.58 Å². The summed E-state index contributed by atoms with van der Waals surface area (Å²) in [6, 6.07) is 0.651. The van der Waals surface area contributed by atoms with Gasteiger partial charge in [-0.25, -0.2) is 0 Å². The smallest absolute Gasteiger partial charge is 0.223 e. The van der Waals surface area contributed by atoms with Crippen LogP contribution in [0.2, 0.25) is 0 Å². The van der Waals surface area contributed by atoms with E-state index in [0.29, 0.717) is 19.0 Å². The maximum Gasteiger partial charge on any atom is 0.223 e. The maximum atomic E-state index is 12.1. The third-order valence-corrected chi connectivity index (χ3v) is 3.46. The summed E-state index contributed by atoms with van der Waals surface area (Å²) in [5.41, 5.74) is 5.69. The fraction of sp³-hybridized carbons (Fsp3) is 0.786. The predicted molar refractivity (Wildman–Crippen MR) is 71.7 cm³/mol. The number of hydrogen-bond donors (Lipinski definition) is 1. The van der Waals surface area contributed by atoms with Crippen molar-refractivity contribution in [1.82, 2.24) is 4.90 Å². The first-order valence-corrected chi connectivity index (χ1v) is 6.81. The van der Waals surface area contributed by atoms with Crippen molar-refractivity contribution in [2.24, 2.45) is 5.73 Å². The summed E-state index contributed by atoms with van der Waals surface area (Å²) in [6.07, 6.45) is 9.12. The van der Waals surface area contributed by atoms with E-state index in [1.165, 1.54) is 12.8 Å². The zero-order valence-corrected chi connectivity index (χ0v) is 11.0. The van der Waals surface area contributed by atoms with E-state index < -0.39 is 0 Å². The second-order valence-corrected chi connectivity index (χ2v) is 5.14. The van der Waals surface area contributed by atoms with Gasteiger partial charge < -0.3 is 10.6 Å². The fourth-order valence-electron chi connectivity index (χ4n) is 2.53. The van der Waals surface area contributed by atoms with Gasteiger partial charge in [-0.1, -0.05) is 18.9 Å². The molecule has 0 aromatic rings. The van der Waals surface area contributed by atoms with E-state index >= 15 is 0 Å². The number of carbonyl (C=O) groups excluding carboxylic acids is 1. The van der Waals surface area contributed by atoms with E-state index in [4.69, 9.17) is 5.73 Å². The minimum Gasteiger partial charge on any atom is -0.336 e. The summed E-state index contributed by atoms with van der Waals surface area (Å²) in [6.45, 7) is 6.43. The molecule has 0 heterocycles. The summed E-state index contributed by atoms with van der Waals surface area (Å²) in [7, 11) is 0. The molecule has 0 aliphatic heterocycles. The highest BCUT2D eigenvalue weighted by Crippen LogP contribution is 2.24. The molecular weight excluding hydrogens is 212 g/mol. The molecule has 1 atom stereocenters. The average Bonchev–Trinajstić information content (AvgIpc) is 2.78. The molecule has 1 aliphatic rings. The molecule has 2 N–H and O–H groups in total.